The average molecular weight is 832 g/mol. The van der Waals surface area contributed by atoms with E-state index < -0.39 is 0 Å². The van der Waals surface area contributed by atoms with Crippen molar-refractivity contribution in [2.75, 3.05) is 41.5 Å². The number of hydrogen-bond donors (Lipinski definition) is 0. The monoisotopic (exact) mass is 831 g/mol. The van der Waals surface area contributed by atoms with Gasteiger partial charge in [0.2, 0.25) is 0 Å². The van der Waals surface area contributed by atoms with E-state index in [0.29, 0.717) is 82.8 Å². The smallest absolute Gasteiger partial charge is 0.257 e. The summed E-state index contributed by atoms with van der Waals surface area (Å²) in [5.41, 5.74) is 7.69. The van der Waals surface area contributed by atoms with Crippen molar-refractivity contribution in [3.63, 3.8) is 0 Å². The Bertz CT molecular complexity index is 2480. The van der Waals surface area contributed by atoms with Gasteiger partial charge in [0.25, 0.3) is 11.8 Å². The second-order valence-electron chi connectivity index (χ2n) is 15.2. The standard InChI is InChI=1S/C49H45N5O8/c1-57-38-12-8-30(9-13-38)32-16-18-53-36(20-32)26-50-42-24-46(44(59-3)22-40(42)48(53)55)61-28-34-6-5-7-35(52-34)29-62-47-25-43-41(23-45(47)60-4)49(56)54-19-17-33(21-37(54)27-51-43)31-10-14-39(58-2)15-11-31/h5-17,22-27,36-37H,18-21,28-29H2,1-4H3/t36-,37-/m0/s1. The SMILES string of the molecule is COc1ccc(C2=CCN3C(=O)c4cc(OC)c(OCc5cccc(COc6cc7c(cc6OC)C(=O)N6CC=C(c8ccc(OC)cc8)C[C@H]6C=N7)n5)cc4N=C[C@@H]3C2)cc1. The van der Waals surface area contributed by atoms with Crippen LogP contribution in [0.4, 0.5) is 11.4 Å². The number of hydrogen-bond acceptors (Lipinski definition) is 11. The van der Waals surface area contributed by atoms with Gasteiger partial charge in [-0.05, 0) is 83.6 Å². The molecule has 0 bridgehead atoms. The number of methoxy groups -OCH3 is 4. The van der Waals surface area contributed by atoms with Crippen LogP contribution in [0, 0.1) is 0 Å². The van der Waals surface area contributed by atoms with Crippen molar-refractivity contribution >= 4 is 46.8 Å². The number of aromatic nitrogens is 1. The van der Waals surface area contributed by atoms with Crippen LogP contribution in [0.1, 0.15) is 56.1 Å². The number of amides is 2. The maximum absolute atomic E-state index is 13.9. The van der Waals surface area contributed by atoms with E-state index in [-0.39, 0.29) is 37.1 Å². The molecule has 0 spiro atoms. The topological polar surface area (TPSA) is 134 Å². The summed E-state index contributed by atoms with van der Waals surface area (Å²) in [5, 5.41) is 0. The zero-order valence-electron chi connectivity index (χ0n) is 34.9. The third-order valence-electron chi connectivity index (χ3n) is 11.6. The van der Waals surface area contributed by atoms with Gasteiger partial charge in [-0.1, -0.05) is 42.5 Å². The normalized spacial score (nSPS) is 17.6. The van der Waals surface area contributed by atoms with E-state index in [2.05, 4.69) is 12.2 Å². The Morgan fingerprint density at radius 1 is 0.548 bits per heavy atom. The highest BCUT2D eigenvalue weighted by molar-refractivity contribution is 6.05. The zero-order chi connectivity index (χ0) is 42.7. The Hall–Kier alpha value is -7.41. The van der Waals surface area contributed by atoms with Gasteiger partial charge >= 0.3 is 0 Å². The first-order chi connectivity index (χ1) is 30.3. The molecule has 4 aliphatic rings. The molecule has 1 aromatic heterocycles. The van der Waals surface area contributed by atoms with Crippen LogP contribution >= 0.6 is 0 Å². The minimum absolute atomic E-state index is 0.121. The van der Waals surface area contributed by atoms with Crippen molar-refractivity contribution in [1.82, 2.24) is 14.8 Å². The molecule has 0 aliphatic carbocycles. The maximum Gasteiger partial charge on any atom is 0.257 e. The molecule has 0 saturated heterocycles. The lowest BCUT2D eigenvalue weighted by atomic mass is 9.94. The predicted molar refractivity (Wildman–Crippen MR) is 236 cm³/mol. The predicted octanol–water partition coefficient (Wildman–Crippen LogP) is 8.30. The number of carbonyl (C=O) groups is 2. The second kappa shape index (κ2) is 17.3. The van der Waals surface area contributed by atoms with Crippen molar-refractivity contribution < 1.29 is 38.0 Å². The summed E-state index contributed by atoms with van der Waals surface area (Å²) >= 11 is 0. The molecule has 2 amide bonds. The van der Waals surface area contributed by atoms with Crippen LogP contribution in [0.3, 0.4) is 0 Å². The van der Waals surface area contributed by atoms with Gasteiger partial charge in [-0.2, -0.15) is 0 Å². The summed E-state index contributed by atoms with van der Waals surface area (Å²) in [5.74, 6) is 3.04. The summed E-state index contributed by atoms with van der Waals surface area (Å²) < 4.78 is 34.6. The van der Waals surface area contributed by atoms with Gasteiger partial charge in [0.05, 0.1) is 74.4 Å². The van der Waals surface area contributed by atoms with E-state index in [1.807, 2.05) is 89.0 Å². The summed E-state index contributed by atoms with van der Waals surface area (Å²) in [6, 6.07) is 27.9. The molecule has 13 nitrogen and oxygen atoms in total. The summed E-state index contributed by atoms with van der Waals surface area (Å²) in [4.78, 5) is 45.7. The Labute approximate surface area is 359 Å². The van der Waals surface area contributed by atoms with Crippen LogP contribution in [-0.4, -0.2) is 92.6 Å². The van der Waals surface area contributed by atoms with Crippen molar-refractivity contribution in [3.8, 4) is 34.5 Å². The minimum atomic E-state index is -0.206. The number of rotatable bonds is 12. The second-order valence-corrected chi connectivity index (χ2v) is 15.2. The average Bonchev–Trinajstić information content (AvgIpc) is 3.55. The molecule has 4 aliphatic heterocycles. The molecule has 4 aromatic carbocycles. The first kappa shape index (κ1) is 40.0. The molecular formula is C49H45N5O8. The molecule has 0 radical (unpaired) electrons. The molecule has 0 N–H and O–H groups in total. The van der Waals surface area contributed by atoms with E-state index in [0.717, 1.165) is 33.8 Å². The molecular weight excluding hydrogens is 787 g/mol. The van der Waals surface area contributed by atoms with Crippen LogP contribution in [0.5, 0.6) is 34.5 Å². The van der Waals surface area contributed by atoms with Crippen LogP contribution in [0.2, 0.25) is 0 Å². The third kappa shape index (κ3) is 7.96. The molecule has 9 rings (SSSR count). The van der Waals surface area contributed by atoms with Crippen molar-refractivity contribution in [2.24, 2.45) is 9.98 Å². The van der Waals surface area contributed by atoms with E-state index in [9.17, 15) is 9.59 Å². The fourth-order valence-electron chi connectivity index (χ4n) is 8.18. The van der Waals surface area contributed by atoms with E-state index in [1.54, 1.807) is 52.7 Å². The fourth-order valence-corrected chi connectivity index (χ4v) is 8.18. The van der Waals surface area contributed by atoms with Crippen LogP contribution in [-0.2, 0) is 13.2 Å². The lowest BCUT2D eigenvalue weighted by Gasteiger charge is -2.32. The molecule has 0 unspecified atom stereocenters. The lowest BCUT2D eigenvalue weighted by Crippen LogP contribution is -2.43. The summed E-state index contributed by atoms with van der Waals surface area (Å²) in [6.45, 7) is 1.16. The minimum Gasteiger partial charge on any atom is -0.497 e. The number of carbonyl (C=O) groups excluding carboxylic acids is 2. The van der Waals surface area contributed by atoms with Crippen molar-refractivity contribution in [1.29, 1.82) is 0 Å². The molecule has 13 heteroatoms. The number of benzene rings is 4. The first-order valence-electron chi connectivity index (χ1n) is 20.3. The molecule has 2 atom stereocenters. The van der Waals surface area contributed by atoms with E-state index >= 15 is 0 Å². The molecule has 62 heavy (non-hydrogen) atoms. The molecule has 314 valence electrons. The highest BCUT2D eigenvalue weighted by atomic mass is 16.5. The highest BCUT2D eigenvalue weighted by Gasteiger charge is 2.34. The maximum atomic E-state index is 13.9. The van der Waals surface area contributed by atoms with Gasteiger partial charge in [0.15, 0.2) is 23.0 Å². The van der Waals surface area contributed by atoms with Gasteiger partial charge in [0, 0.05) is 37.7 Å². The number of ether oxygens (including phenoxy) is 6. The molecule has 0 saturated carbocycles. The van der Waals surface area contributed by atoms with Crippen LogP contribution in [0.15, 0.2) is 113 Å². The number of fused-ring (bicyclic) bond motifs is 4. The van der Waals surface area contributed by atoms with Crippen LogP contribution < -0.4 is 28.4 Å². The lowest BCUT2D eigenvalue weighted by molar-refractivity contribution is 0.0740. The van der Waals surface area contributed by atoms with Gasteiger partial charge in [-0.25, -0.2) is 0 Å². The zero-order valence-corrected chi connectivity index (χ0v) is 34.9. The van der Waals surface area contributed by atoms with Crippen LogP contribution in [0.25, 0.3) is 11.1 Å². The number of pyridine rings is 1. The van der Waals surface area contributed by atoms with Gasteiger partial charge < -0.3 is 38.2 Å². The highest BCUT2D eigenvalue weighted by Crippen LogP contribution is 2.41. The Morgan fingerprint density at radius 2 is 0.984 bits per heavy atom. The Balaban J connectivity index is 0.865. The van der Waals surface area contributed by atoms with Gasteiger partial charge in [0.1, 0.15) is 24.7 Å². The fraction of sp³-hybridized carbons (Fsp3) is 0.245. The summed E-state index contributed by atoms with van der Waals surface area (Å²) in [7, 11) is 6.38. The third-order valence-corrected chi connectivity index (χ3v) is 11.6. The van der Waals surface area contributed by atoms with E-state index in [4.69, 9.17) is 43.4 Å². The Morgan fingerprint density at radius 3 is 1.39 bits per heavy atom. The number of nitrogens with zero attached hydrogens (tertiary/aromatic N) is 5. The van der Waals surface area contributed by atoms with E-state index in [1.165, 1.54) is 0 Å². The van der Waals surface area contributed by atoms with Crippen molar-refractivity contribution in [3.05, 3.63) is 137 Å². The first-order valence-corrected chi connectivity index (χ1v) is 20.3. The molecule has 5 aromatic rings. The van der Waals surface area contributed by atoms with Gasteiger partial charge in [-0.15, -0.1) is 0 Å². The number of aliphatic imine (C=N–C) groups is 2. The molecule has 5 heterocycles. The molecule has 0 fully saturated rings. The summed E-state index contributed by atoms with van der Waals surface area (Å²) in [6.07, 6.45) is 9.15. The largest absolute Gasteiger partial charge is 0.497 e. The van der Waals surface area contributed by atoms with Gasteiger partial charge in [-0.3, -0.25) is 24.6 Å². The van der Waals surface area contributed by atoms with Crippen molar-refractivity contribution in [2.45, 2.75) is 38.1 Å². The quantitative estimate of drug-likeness (QED) is 0.122. The Kier molecular flexibility index (Phi) is 11.2.